The summed E-state index contributed by atoms with van der Waals surface area (Å²) in [5.41, 5.74) is 2.68. The van der Waals surface area contributed by atoms with Crippen molar-refractivity contribution in [1.29, 1.82) is 0 Å². The summed E-state index contributed by atoms with van der Waals surface area (Å²) in [6.07, 6.45) is 0.793. The molecule has 0 fully saturated rings. The van der Waals surface area contributed by atoms with Gasteiger partial charge in [-0.2, -0.15) is 0 Å². The van der Waals surface area contributed by atoms with Crippen LogP contribution in [0.5, 0.6) is 0 Å². The zero-order valence-electron chi connectivity index (χ0n) is 17.3. The van der Waals surface area contributed by atoms with Crippen LogP contribution in [0, 0.1) is 5.82 Å². The molecule has 2 heterocycles. The van der Waals surface area contributed by atoms with Gasteiger partial charge < -0.3 is 15.5 Å². The zero-order valence-corrected chi connectivity index (χ0v) is 17.3. The first-order chi connectivity index (χ1) is 14.8. The maximum Gasteiger partial charge on any atom is 0.438 e. The number of hydrogen-bond donors (Lipinski definition) is 4. The van der Waals surface area contributed by atoms with E-state index in [9.17, 15) is 19.4 Å². The number of benzene rings is 1. The van der Waals surface area contributed by atoms with Gasteiger partial charge in [-0.25, -0.2) is 19.2 Å². The Morgan fingerprint density at radius 2 is 1.94 bits per heavy atom. The van der Waals surface area contributed by atoms with Crippen LogP contribution in [0.4, 0.5) is 10.3 Å². The number of nitrogens with zero attached hydrogens (tertiary/aromatic N) is 3. The van der Waals surface area contributed by atoms with E-state index in [1.54, 1.807) is 25.3 Å². The van der Waals surface area contributed by atoms with E-state index >= 15 is 0 Å². The molecule has 3 aromatic rings. The number of rotatable bonds is 8. The average molecular weight is 429 g/mol. The van der Waals surface area contributed by atoms with Gasteiger partial charge in [0, 0.05) is 24.6 Å². The summed E-state index contributed by atoms with van der Waals surface area (Å²) in [5, 5.41) is 26.8. The van der Waals surface area contributed by atoms with Crippen molar-refractivity contribution >= 4 is 12.0 Å². The maximum atomic E-state index is 13.4. The van der Waals surface area contributed by atoms with Gasteiger partial charge in [-0.15, -0.1) is 0 Å². The van der Waals surface area contributed by atoms with Gasteiger partial charge in [0.1, 0.15) is 11.9 Å². The number of aliphatic hydroxyl groups is 2. The number of halogens is 1. The molecule has 0 aliphatic rings. The highest BCUT2D eigenvalue weighted by Crippen LogP contribution is 2.30. The molecule has 0 aliphatic carbocycles. The number of aromatic amines is 1. The number of anilines is 1. The molecule has 164 valence electrons. The highest BCUT2D eigenvalue weighted by atomic mass is 19.1. The van der Waals surface area contributed by atoms with Crippen molar-refractivity contribution in [3.63, 3.8) is 0 Å². The number of H-pyrrole nitrogens is 1. The molecule has 0 amide bonds. The second-order valence-corrected chi connectivity index (χ2v) is 7.26. The summed E-state index contributed by atoms with van der Waals surface area (Å²) in [6, 6.07) is 5.95. The van der Waals surface area contributed by atoms with Gasteiger partial charge in [0.05, 0.1) is 17.5 Å². The third kappa shape index (κ3) is 5.41. The third-order valence-electron chi connectivity index (χ3n) is 4.59. The Morgan fingerprint density at radius 1 is 1.23 bits per heavy atom. The quantitative estimate of drug-likeness (QED) is 0.429. The molecule has 0 aliphatic heterocycles. The summed E-state index contributed by atoms with van der Waals surface area (Å²) >= 11 is 0. The number of aliphatic hydroxyl groups excluding tert-OH is 2. The smallest absolute Gasteiger partial charge is 0.389 e. The highest BCUT2D eigenvalue weighted by Gasteiger charge is 2.19. The summed E-state index contributed by atoms with van der Waals surface area (Å²) in [5.74, 6) is -0.744. The van der Waals surface area contributed by atoms with Crippen molar-refractivity contribution in [3.8, 4) is 11.3 Å². The Morgan fingerprint density at radius 3 is 2.52 bits per heavy atom. The van der Waals surface area contributed by atoms with E-state index in [1.807, 2.05) is 13.8 Å². The lowest BCUT2D eigenvalue weighted by atomic mass is 9.97. The van der Waals surface area contributed by atoms with Crippen molar-refractivity contribution in [2.75, 3.05) is 12.4 Å². The Bertz CT molecular complexity index is 1110. The fourth-order valence-electron chi connectivity index (χ4n) is 3.04. The summed E-state index contributed by atoms with van der Waals surface area (Å²) in [6.45, 7) is 3.96. The minimum absolute atomic E-state index is 0.0388. The van der Waals surface area contributed by atoms with E-state index in [4.69, 9.17) is 0 Å². The summed E-state index contributed by atoms with van der Waals surface area (Å²) < 4.78 is 17.8. The van der Waals surface area contributed by atoms with Crippen LogP contribution in [0.25, 0.3) is 17.3 Å². The highest BCUT2D eigenvalue weighted by molar-refractivity contribution is 5.74. The standard InChI is InChI=1S/C21H24FN5O4/c1-11(2)17-15(9-8-14(28)10-16(29)19-26-21(30)31-27-19)18(25-20(23-3)24-17)12-4-6-13(22)7-5-12/h4-9,11,14,16,28-29H,10H2,1-3H3,(H,23,24,25)(H,26,27,30)/b9-8+/t14-,16-/m1/s1. The fourth-order valence-corrected chi connectivity index (χ4v) is 3.04. The SMILES string of the molecule is CNc1nc(-c2ccc(F)cc2)c(/C=C/[C@@H](O)C[C@@H](O)c2noc(=O)[nH]2)c(C(C)C)n1. The van der Waals surface area contributed by atoms with Crippen LogP contribution in [-0.4, -0.2) is 43.5 Å². The average Bonchev–Trinajstić information content (AvgIpc) is 3.18. The van der Waals surface area contributed by atoms with Crippen LogP contribution in [0.3, 0.4) is 0 Å². The topological polar surface area (TPSA) is 137 Å². The monoisotopic (exact) mass is 429 g/mol. The molecule has 0 spiro atoms. The number of aromatic nitrogens is 4. The first-order valence-corrected chi connectivity index (χ1v) is 9.74. The third-order valence-corrected chi connectivity index (χ3v) is 4.59. The first-order valence-electron chi connectivity index (χ1n) is 9.74. The Balaban J connectivity index is 1.95. The molecule has 3 rings (SSSR count). The van der Waals surface area contributed by atoms with Crippen molar-refractivity contribution in [3.05, 3.63) is 63.8 Å². The molecule has 10 heteroatoms. The first kappa shape index (κ1) is 22.3. The van der Waals surface area contributed by atoms with Crippen LogP contribution < -0.4 is 11.1 Å². The molecular formula is C21H24FN5O4. The molecule has 2 aromatic heterocycles. The molecule has 0 unspecified atom stereocenters. The van der Waals surface area contributed by atoms with E-state index in [0.717, 1.165) is 5.69 Å². The normalized spacial score (nSPS) is 13.6. The lowest BCUT2D eigenvalue weighted by molar-refractivity contribution is 0.0966. The molecule has 4 N–H and O–H groups in total. The van der Waals surface area contributed by atoms with Gasteiger partial charge in [-0.3, -0.25) is 9.51 Å². The van der Waals surface area contributed by atoms with Gasteiger partial charge in [-0.05, 0) is 30.2 Å². The number of nitrogens with one attached hydrogen (secondary N) is 2. The summed E-state index contributed by atoms with van der Waals surface area (Å²) in [7, 11) is 1.71. The van der Waals surface area contributed by atoms with E-state index in [1.165, 1.54) is 18.2 Å². The minimum atomic E-state index is -1.21. The predicted molar refractivity (Wildman–Crippen MR) is 113 cm³/mol. The van der Waals surface area contributed by atoms with Gasteiger partial charge in [0.15, 0.2) is 5.82 Å². The molecule has 0 saturated heterocycles. The van der Waals surface area contributed by atoms with Gasteiger partial charge in [-0.1, -0.05) is 31.2 Å². The minimum Gasteiger partial charge on any atom is -0.389 e. The van der Waals surface area contributed by atoms with Gasteiger partial charge in [0.25, 0.3) is 0 Å². The van der Waals surface area contributed by atoms with E-state index in [0.29, 0.717) is 22.8 Å². The molecule has 2 atom stereocenters. The Kier molecular flexibility index (Phi) is 6.93. The van der Waals surface area contributed by atoms with E-state index in [-0.39, 0.29) is 24.0 Å². The molecule has 31 heavy (non-hydrogen) atoms. The lowest BCUT2D eigenvalue weighted by Crippen LogP contribution is -2.12. The summed E-state index contributed by atoms with van der Waals surface area (Å²) in [4.78, 5) is 22.4. The van der Waals surface area contributed by atoms with Gasteiger partial charge in [0.2, 0.25) is 5.95 Å². The van der Waals surface area contributed by atoms with Crippen LogP contribution in [0.2, 0.25) is 0 Å². The maximum absolute atomic E-state index is 13.4. The van der Waals surface area contributed by atoms with Crippen LogP contribution in [0.1, 0.15) is 49.4 Å². The van der Waals surface area contributed by atoms with Crippen molar-refractivity contribution in [1.82, 2.24) is 20.1 Å². The van der Waals surface area contributed by atoms with Crippen molar-refractivity contribution in [2.45, 2.75) is 38.4 Å². The molecule has 0 radical (unpaired) electrons. The molecule has 0 saturated carbocycles. The lowest BCUT2D eigenvalue weighted by Gasteiger charge is -2.16. The molecule has 9 nitrogen and oxygen atoms in total. The predicted octanol–water partition coefficient (Wildman–Crippen LogP) is 2.62. The van der Waals surface area contributed by atoms with E-state index < -0.39 is 18.0 Å². The van der Waals surface area contributed by atoms with Crippen LogP contribution >= 0.6 is 0 Å². The van der Waals surface area contributed by atoms with E-state index in [2.05, 4.69) is 29.9 Å². The van der Waals surface area contributed by atoms with Crippen molar-refractivity contribution in [2.24, 2.45) is 0 Å². The molecular weight excluding hydrogens is 405 g/mol. The zero-order chi connectivity index (χ0) is 22.5. The Hall–Kier alpha value is -3.37. The number of hydrogen-bond acceptors (Lipinski definition) is 8. The Labute approximate surface area is 177 Å². The largest absolute Gasteiger partial charge is 0.438 e. The van der Waals surface area contributed by atoms with Crippen LogP contribution in [-0.2, 0) is 0 Å². The fraction of sp³-hybridized carbons (Fsp3) is 0.333. The van der Waals surface area contributed by atoms with Crippen LogP contribution in [0.15, 0.2) is 39.7 Å². The second-order valence-electron chi connectivity index (χ2n) is 7.26. The molecule has 1 aromatic carbocycles. The molecule has 0 bridgehead atoms. The van der Waals surface area contributed by atoms with Gasteiger partial charge >= 0.3 is 5.76 Å². The second kappa shape index (κ2) is 9.63. The van der Waals surface area contributed by atoms with Crippen molar-refractivity contribution < 1.29 is 19.1 Å².